The first-order valence-electron chi connectivity index (χ1n) is 16.3. The largest absolute Gasteiger partial charge is 0.508 e. The van der Waals surface area contributed by atoms with Crippen molar-refractivity contribution in [3.05, 3.63) is 89.5 Å². The molecule has 3 rings (SSSR count). The summed E-state index contributed by atoms with van der Waals surface area (Å²) in [4.78, 5) is 90.5. The number of likely N-dealkylation sites (N-methyl/N-ethyl adjacent to an activating group) is 1. The van der Waals surface area contributed by atoms with Crippen LogP contribution in [0.1, 0.15) is 30.0 Å². The van der Waals surface area contributed by atoms with Gasteiger partial charge in [-0.15, -0.1) is 0 Å². The zero-order valence-electron chi connectivity index (χ0n) is 28.9. The monoisotopic (exact) mass is 734 g/mol. The van der Waals surface area contributed by atoms with Crippen LogP contribution in [0.5, 0.6) is 17.2 Å². The number of aliphatic carboxylic acids is 1. The molecule has 0 aliphatic rings. The molecule has 10 N–H and O–H groups in total. The third kappa shape index (κ3) is 13.2. The molecule has 282 valence electrons. The summed E-state index contributed by atoms with van der Waals surface area (Å²) in [7, 11) is 1.21. The number of carboxylic acid groups (broad SMARTS) is 1. The van der Waals surface area contributed by atoms with E-state index in [1.54, 1.807) is 0 Å². The summed E-state index contributed by atoms with van der Waals surface area (Å²) in [5.74, 6) is -6.60. The molecule has 4 unspecified atom stereocenters. The Morgan fingerprint density at radius 2 is 1.08 bits per heavy atom. The Labute approximate surface area is 304 Å². The Bertz CT molecular complexity index is 1780. The van der Waals surface area contributed by atoms with E-state index in [1.165, 1.54) is 79.8 Å². The molecule has 3 aromatic rings. The third-order valence-electron chi connectivity index (χ3n) is 8.04. The molecule has 4 atom stereocenters. The minimum absolute atomic E-state index is 0.0166. The Kier molecular flexibility index (Phi) is 14.7. The molecular weight excluding hydrogens is 692 g/mol. The lowest BCUT2D eigenvalue weighted by molar-refractivity contribution is -0.146. The maximum atomic E-state index is 14.2. The number of hydrogen-bond donors (Lipinski definition) is 9. The van der Waals surface area contributed by atoms with Crippen LogP contribution < -0.4 is 27.0 Å². The van der Waals surface area contributed by atoms with Gasteiger partial charge in [0.1, 0.15) is 41.4 Å². The zero-order chi connectivity index (χ0) is 39.2. The molecule has 0 spiro atoms. The second-order valence-corrected chi connectivity index (χ2v) is 12.2. The van der Waals surface area contributed by atoms with Gasteiger partial charge in [0.15, 0.2) is 0 Å². The van der Waals surface area contributed by atoms with E-state index in [0.717, 1.165) is 11.8 Å². The number of aromatic hydroxyl groups is 3. The molecular formula is C36H42N6O11. The van der Waals surface area contributed by atoms with Crippen LogP contribution in [0.4, 0.5) is 0 Å². The Morgan fingerprint density at radius 3 is 1.51 bits per heavy atom. The van der Waals surface area contributed by atoms with Gasteiger partial charge in [0.25, 0.3) is 0 Å². The molecule has 6 amide bonds. The molecule has 3 aromatic carbocycles. The first kappa shape index (κ1) is 40.8. The van der Waals surface area contributed by atoms with Gasteiger partial charge in [-0.25, -0.2) is 0 Å². The Morgan fingerprint density at radius 1 is 0.642 bits per heavy atom. The molecule has 0 aromatic heterocycles. The summed E-state index contributed by atoms with van der Waals surface area (Å²) in [6, 6.07) is 11.5. The number of carbonyl (C=O) groups excluding carboxylic acids is 6. The number of nitrogens with two attached hydrogens (primary N) is 1. The molecule has 0 bridgehead atoms. The number of nitrogens with zero attached hydrogens (tertiary/aromatic N) is 1. The summed E-state index contributed by atoms with van der Waals surface area (Å²) < 4.78 is 0. The highest BCUT2D eigenvalue weighted by Crippen LogP contribution is 2.17. The minimum Gasteiger partial charge on any atom is -0.508 e. The summed E-state index contributed by atoms with van der Waals surface area (Å²) in [5, 5.41) is 48.4. The summed E-state index contributed by atoms with van der Waals surface area (Å²) in [6.07, 6.45) is -1.29. The van der Waals surface area contributed by atoms with Crippen molar-refractivity contribution >= 4 is 41.4 Å². The van der Waals surface area contributed by atoms with Gasteiger partial charge in [0.2, 0.25) is 35.4 Å². The number of primary amides is 1. The van der Waals surface area contributed by atoms with Crippen molar-refractivity contribution in [1.29, 1.82) is 0 Å². The van der Waals surface area contributed by atoms with Crippen LogP contribution in [-0.4, -0.2) is 104 Å². The highest BCUT2D eigenvalue weighted by molar-refractivity contribution is 5.97. The van der Waals surface area contributed by atoms with Crippen molar-refractivity contribution in [1.82, 2.24) is 26.2 Å². The van der Waals surface area contributed by atoms with Crippen LogP contribution in [0.2, 0.25) is 0 Å². The smallest absolute Gasteiger partial charge is 0.305 e. The number of phenolic OH excluding ortho intramolecular Hbond substituents is 3. The van der Waals surface area contributed by atoms with E-state index in [9.17, 15) is 54.0 Å². The highest BCUT2D eigenvalue weighted by atomic mass is 16.4. The number of carbonyl (C=O) groups is 7. The van der Waals surface area contributed by atoms with Gasteiger partial charge in [-0.3, -0.25) is 33.6 Å². The molecule has 53 heavy (non-hydrogen) atoms. The fourth-order valence-corrected chi connectivity index (χ4v) is 5.19. The average Bonchev–Trinajstić information content (AvgIpc) is 3.10. The van der Waals surface area contributed by atoms with Crippen LogP contribution in [0.3, 0.4) is 0 Å². The number of phenols is 3. The lowest BCUT2D eigenvalue weighted by atomic mass is 10.00. The van der Waals surface area contributed by atoms with E-state index in [4.69, 9.17) is 5.73 Å². The number of rotatable bonds is 18. The molecule has 0 heterocycles. The second-order valence-electron chi connectivity index (χ2n) is 12.2. The molecule has 0 aliphatic carbocycles. The fourth-order valence-electron chi connectivity index (χ4n) is 5.19. The molecule has 0 radical (unpaired) electrons. The van der Waals surface area contributed by atoms with Crippen LogP contribution in [-0.2, 0) is 52.8 Å². The van der Waals surface area contributed by atoms with Crippen molar-refractivity contribution in [2.24, 2.45) is 5.73 Å². The topological polar surface area (TPSA) is 278 Å². The van der Waals surface area contributed by atoms with Crippen LogP contribution in [0.25, 0.3) is 0 Å². The lowest BCUT2D eigenvalue weighted by Gasteiger charge is -2.32. The maximum absolute atomic E-state index is 14.2. The number of amides is 6. The quantitative estimate of drug-likeness (QED) is 0.0781. The van der Waals surface area contributed by atoms with Gasteiger partial charge >= 0.3 is 5.97 Å². The molecule has 0 fully saturated rings. The SMILES string of the molecule is CC(=O)NCC(=O)NC(CC(=O)O)C(=O)N(C)C(Cc1ccc(O)cc1)C(=O)NC(Cc1ccc(O)cc1)C(=O)NC(Cc1ccc(O)cc1)C(N)=O. The average molecular weight is 735 g/mol. The maximum Gasteiger partial charge on any atom is 0.305 e. The lowest BCUT2D eigenvalue weighted by Crippen LogP contribution is -2.59. The van der Waals surface area contributed by atoms with Crippen LogP contribution in [0, 0.1) is 0 Å². The fraction of sp³-hybridized carbons (Fsp3) is 0.306. The highest BCUT2D eigenvalue weighted by Gasteiger charge is 2.36. The predicted molar refractivity (Wildman–Crippen MR) is 188 cm³/mol. The van der Waals surface area contributed by atoms with Gasteiger partial charge in [-0.2, -0.15) is 0 Å². The van der Waals surface area contributed by atoms with E-state index >= 15 is 0 Å². The van der Waals surface area contributed by atoms with Gasteiger partial charge in [0.05, 0.1) is 13.0 Å². The molecule has 17 heteroatoms. The predicted octanol–water partition coefficient (Wildman–Crippen LogP) is -0.791. The first-order chi connectivity index (χ1) is 25.0. The van der Waals surface area contributed by atoms with Crippen LogP contribution in [0.15, 0.2) is 72.8 Å². The van der Waals surface area contributed by atoms with Crippen molar-refractivity contribution in [3.8, 4) is 17.2 Å². The second kappa shape index (κ2) is 19.1. The normalized spacial score (nSPS) is 12.9. The summed E-state index contributed by atoms with van der Waals surface area (Å²) in [5.41, 5.74) is 7.10. The minimum atomic E-state index is -1.67. The standard InChI is InChI=1S/C36H42N6O11/c1-20(43)38-19-31(47)39-29(18-32(48)49)36(53)42(2)30(17-23-7-13-26(46)14-8-23)35(52)41-28(16-22-5-11-25(45)12-6-22)34(51)40-27(33(37)50)15-21-3-9-24(44)10-4-21/h3-14,27-30,44-46H,15-19H2,1-2H3,(H2,37,50)(H,38,43)(H,39,47)(H,40,51)(H,41,52)(H,48,49). The van der Waals surface area contributed by atoms with Gasteiger partial charge < -0.3 is 52.3 Å². The molecule has 0 aliphatic heterocycles. The Balaban J connectivity index is 1.96. The van der Waals surface area contributed by atoms with Crippen molar-refractivity contribution < 1.29 is 54.0 Å². The third-order valence-corrected chi connectivity index (χ3v) is 8.04. The van der Waals surface area contributed by atoms with Gasteiger partial charge in [-0.05, 0) is 53.1 Å². The van der Waals surface area contributed by atoms with Gasteiger partial charge in [-0.1, -0.05) is 36.4 Å². The van der Waals surface area contributed by atoms with E-state index < -0.39 is 78.5 Å². The molecule has 0 saturated heterocycles. The molecule has 0 saturated carbocycles. The van der Waals surface area contributed by atoms with Crippen molar-refractivity contribution in [2.45, 2.75) is 56.8 Å². The van der Waals surface area contributed by atoms with E-state index in [1.807, 2.05) is 0 Å². The van der Waals surface area contributed by atoms with Gasteiger partial charge in [0, 0.05) is 33.2 Å². The zero-order valence-corrected chi connectivity index (χ0v) is 28.9. The number of carboxylic acids is 1. The van der Waals surface area contributed by atoms with E-state index in [0.29, 0.717) is 16.7 Å². The number of nitrogens with one attached hydrogen (secondary N) is 4. The van der Waals surface area contributed by atoms with E-state index in [2.05, 4.69) is 21.3 Å². The Hall–Kier alpha value is -6.65. The van der Waals surface area contributed by atoms with Crippen molar-refractivity contribution in [3.63, 3.8) is 0 Å². The number of hydrogen-bond acceptors (Lipinski definition) is 10. The summed E-state index contributed by atoms with van der Waals surface area (Å²) >= 11 is 0. The van der Waals surface area contributed by atoms with E-state index in [-0.39, 0.29) is 36.5 Å². The van der Waals surface area contributed by atoms with Crippen molar-refractivity contribution in [2.75, 3.05) is 13.6 Å². The first-order valence-corrected chi connectivity index (χ1v) is 16.3. The molecule has 17 nitrogen and oxygen atoms in total. The van der Waals surface area contributed by atoms with Crippen LogP contribution >= 0.6 is 0 Å². The summed E-state index contributed by atoms with van der Waals surface area (Å²) in [6.45, 7) is 0.611. The number of benzene rings is 3.